The first-order valence-electron chi connectivity index (χ1n) is 8.22. The second-order valence-corrected chi connectivity index (χ2v) is 8.73. The molecule has 1 aromatic carbocycles. The van der Waals surface area contributed by atoms with Gasteiger partial charge in [-0.05, 0) is 30.4 Å². The molecule has 2 aliphatic heterocycles. The molecule has 2 fully saturated rings. The monoisotopic (exact) mass is 393 g/mol. The predicted molar refractivity (Wildman–Crippen MR) is 99.9 cm³/mol. The largest absolute Gasteiger partial charge is 0.313 e. The number of rotatable bonds is 3. The van der Waals surface area contributed by atoms with E-state index in [9.17, 15) is 8.42 Å². The van der Waals surface area contributed by atoms with Crippen molar-refractivity contribution in [1.82, 2.24) is 13.9 Å². The van der Waals surface area contributed by atoms with Crippen molar-refractivity contribution in [2.45, 2.75) is 25.8 Å². The van der Waals surface area contributed by atoms with E-state index in [0.717, 1.165) is 18.4 Å². The highest BCUT2D eigenvalue weighted by atomic mass is 35.5. The van der Waals surface area contributed by atoms with Gasteiger partial charge in [0.15, 0.2) is 0 Å². The van der Waals surface area contributed by atoms with E-state index in [1.165, 1.54) is 0 Å². The third-order valence-corrected chi connectivity index (χ3v) is 7.22. The van der Waals surface area contributed by atoms with Crippen LogP contribution in [-0.4, -0.2) is 49.8 Å². The van der Waals surface area contributed by atoms with Crippen LogP contribution in [0, 0.1) is 5.92 Å². The molecule has 136 valence electrons. The lowest BCUT2D eigenvalue weighted by atomic mass is 10.0. The number of hydrogen-bond acceptors (Lipinski definition) is 3. The van der Waals surface area contributed by atoms with Gasteiger partial charge < -0.3 is 5.32 Å². The smallest absolute Gasteiger partial charge is 0.282 e. The number of hydrogen-bond donors (Lipinski definition) is 1. The van der Waals surface area contributed by atoms with Crippen molar-refractivity contribution >= 4 is 34.2 Å². The Hall–Kier alpha value is -0.370. The van der Waals surface area contributed by atoms with Gasteiger partial charge in [0, 0.05) is 37.7 Å². The molecule has 1 N–H and O–H groups in total. The van der Waals surface area contributed by atoms with E-state index in [0.29, 0.717) is 43.7 Å². The van der Waals surface area contributed by atoms with Crippen LogP contribution in [-0.2, 0) is 10.2 Å². The standard InChI is InChI=1S/C16H24ClN3O2S.ClH/c1-13-6-9-19(10-7-13)23(21,22)20-11-8-18-12-16(20)14-4-2-3-5-15(14)17;/h2-5,13,16,18H,6-12H2,1H3;1H. The molecule has 1 atom stereocenters. The van der Waals surface area contributed by atoms with Gasteiger partial charge in [0.1, 0.15) is 0 Å². The normalized spacial score (nSPS) is 24.5. The van der Waals surface area contributed by atoms with Gasteiger partial charge in [0.25, 0.3) is 10.2 Å². The van der Waals surface area contributed by atoms with E-state index in [2.05, 4.69) is 12.2 Å². The number of nitrogens with one attached hydrogen (secondary N) is 1. The highest BCUT2D eigenvalue weighted by Gasteiger charge is 2.38. The van der Waals surface area contributed by atoms with Crippen LogP contribution in [0.3, 0.4) is 0 Å². The first kappa shape index (κ1) is 19.9. The molecular weight excluding hydrogens is 369 g/mol. The summed E-state index contributed by atoms with van der Waals surface area (Å²) in [6, 6.07) is 7.26. The maximum absolute atomic E-state index is 13.1. The van der Waals surface area contributed by atoms with Gasteiger partial charge >= 0.3 is 0 Å². The van der Waals surface area contributed by atoms with Crippen molar-refractivity contribution in [2.24, 2.45) is 5.92 Å². The molecule has 8 heteroatoms. The van der Waals surface area contributed by atoms with Crippen molar-refractivity contribution in [2.75, 3.05) is 32.7 Å². The van der Waals surface area contributed by atoms with E-state index in [1.807, 2.05) is 24.3 Å². The Bertz CT molecular complexity index is 648. The molecule has 2 heterocycles. The Labute approximate surface area is 155 Å². The molecule has 1 unspecified atom stereocenters. The molecule has 3 rings (SSSR count). The average molecular weight is 394 g/mol. The summed E-state index contributed by atoms with van der Waals surface area (Å²) < 4.78 is 29.5. The first-order valence-corrected chi connectivity index (χ1v) is 9.99. The van der Waals surface area contributed by atoms with Gasteiger partial charge in [-0.1, -0.05) is 36.7 Å². The lowest BCUT2D eigenvalue weighted by Crippen LogP contribution is -2.54. The van der Waals surface area contributed by atoms with Crippen molar-refractivity contribution in [3.05, 3.63) is 34.9 Å². The van der Waals surface area contributed by atoms with Gasteiger partial charge in [-0.15, -0.1) is 12.4 Å². The summed E-state index contributed by atoms with van der Waals surface area (Å²) >= 11 is 6.31. The fourth-order valence-electron chi connectivity index (χ4n) is 3.34. The SMILES string of the molecule is CC1CCN(S(=O)(=O)N2CCNCC2c2ccccc2Cl)CC1.Cl. The topological polar surface area (TPSA) is 52.7 Å². The lowest BCUT2D eigenvalue weighted by Gasteiger charge is -2.40. The summed E-state index contributed by atoms with van der Waals surface area (Å²) in [5, 5.41) is 3.91. The van der Waals surface area contributed by atoms with E-state index < -0.39 is 10.2 Å². The maximum Gasteiger partial charge on any atom is 0.282 e. The first-order chi connectivity index (χ1) is 11.0. The molecule has 2 saturated heterocycles. The van der Waals surface area contributed by atoms with E-state index in [-0.39, 0.29) is 18.4 Å². The number of benzene rings is 1. The Kier molecular flexibility index (Phi) is 6.93. The van der Waals surface area contributed by atoms with Crippen molar-refractivity contribution < 1.29 is 8.42 Å². The van der Waals surface area contributed by atoms with E-state index in [1.54, 1.807) is 8.61 Å². The summed E-state index contributed by atoms with van der Waals surface area (Å²) in [7, 11) is -3.45. The molecule has 0 aromatic heterocycles. The van der Waals surface area contributed by atoms with Crippen molar-refractivity contribution in [3.63, 3.8) is 0 Å². The minimum Gasteiger partial charge on any atom is -0.313 e. The highest BCUT2D eigenvalue weighted by molar-refractivity contribution is 7.86. The zero-order valence-electron chi connectivity index (χ0n) is 13.8. The molecule has 0 radical (unpaired) electrons. The third-order valence-electron chi connectivity index (χ3n) is 4.82. The summed E-state index contributed by atoms with van der Waals surface area (Å²) in [4.78, 5) is 0. The fourth-order valence-corrected chi connectivity index (χ4v) is 5.40. The Balaban J connectivity index is 0.00000208. The fraction of sp³-hybridized carbons (Fsp3) is 0.625. The van der Waals surface area contributed by atoms with Crippen molar-refractivity contribution in [1.29, 1.82) is 0 Å². The summed E-state index contributed by atoms with van der Waals surface area (Å²) in [6.45, 7) is 5.15. The Morgan fingerprint density at radius 3 is 2.50 bits per heavy atom. The number of nitrogens with zero attached hydrogens (tertiary/aromatic N) is 2. The summed E-state index contributed by atoms with van der Waals surface area (Å²) in [5.74, 6) is 0.601. The van der Waals surface area contributed by atoms with Gasteiger partial charge in [0.05, 0.1) is 6.04 Å². The minimum atomic E-state index is -3.45. The van der Waals surface area contributed by atoms with Gasteiger partial charge in [-0.25, -0.2) is 0 Å². The van der Waals surface area contributed by atoms with Crippen LogP contribution in [0.4, 0.5) is 0 Å². The second kappa shape index (κ2) is 8.34. The number of piperazine rings is 1. The zero-order chi connectivity index (χ0) is 16.4. The maximum atomic E-state index is 13.1. The van der Waals surface area contributed by atoms with E-state index in [4.69, 9.17) is 11.6 Å². The Morgan fingerprint density at radius 2 is 1.83 bits per heavy atom. The summed E-state index contributed by atoms with van der Waals surface area (Å²) in [6.07, 6.45) is 1.87. The van der Waals surface area contributed by atoms with Crippen LogP contribution in [0.25, 0.3) is 0 Å². The molecule has 0 aliphatic carbocycles. The minimum absolute atomic E-state index is 0. The van der Waals surface area contributed by atoms with Crippen molar-refractivity contribution in [3.8, 4) is 0 Å². The highest BCUT2D eigenvalue weighted by Crippen LogP contribution is 2.32. The molecule has 0 spiro atoms. The van der Waals surface area contributed by atoms with Crippen LogP contribution in [0.5, 0.6) is 0 Å². The molecule has 2 aliphatic rings. The van der Waals surface area contributed by atoms with Gasteiger partial charge in [-0.2, -0.15) is 17.0 Å². The second-order valence-electron chi connectivity index (χ2n) is 6.44. The quantitative estimate of drug-likeness (QED) is 0.858. The third kappa shape index (κ3) is 4.06. The lowest BCUT2D eigenvalue weighted by molar-refractivity contribution is 0.224. The van der Waals surface area contributed by atoms with Gasteiger partial charge in [0.2, 0.25) is 0 Å². The van der Waals surface area contributed by atoms with Crippen LogP contribution in [0.15, 0.2) is 24.3 Å². The predicted octanol–water partition coefficient (Wildman–Crippen LogP) is 2.68. The summed E-state index contributed by atoms with van der Waals surface area (Å²) in [5.41, 5.74) is 0.871. The molecule has 24 heavy (non-hydrogen) atoms. The van der Waals surface area contributed by atoms with Crippen LogP contribution in [0.2, 0.25) is 5.02 Å². The molecule has 5 nitrogen and oxygen atoms in total. The Morgan fingerprint density at radius 1 is 1.17 bits per heavy atom. The average Bonchev–Trinajstić information content (AvgIpc) is 2.56. The molecule has 0 bridgehead atoms. The van der Waals surface area contributed by atoms with Gasteiger partial charge in [-0.3, -0.25) is 0 Å². The molecule has 0 saturated carbocycles. The van der Waals surface area contributed by atoms with E-state index >= 15 is 0 Å². The molecular formula is C16H25Cl2N3O2S. The zero-order valence-corrected chi connectivity index (χ0v) is 16.2. The number of piperidine rings is 1. The van der Waals surface area contributed by atoms with Crippen LogP contribution >= 0.6 is 24.0 Å². The molecule has 0 amide bonds. The number of halogens is 2. The molecule has 1 aromatic rings. The van der Waals surface area contributed by atoms with Crippen LogP contribution in [0.1, 0.15) is 31.4 Å². The van der Waals surface area contributed by atoms with Crippen LogP contribution < -0.4 is 5.32 Å².